The van der Waals surface area contributed by atoms with E-state index in [1.807, 2.05) is 13.0 Å². The summed E-state index contributed by atoms with van der Waals surface area (Å²) in [5, 5.41) is 57.8. The van der Waals surface area contributed by atoms with Crippen molar-refractivity contribution in [1.29, 1.82) is 0 Å². The Morgan fingerprint density at radius 3 is 1.50 bits per heavy atom. The molecule has 8 rings (SSSR count). The number of aryl methyl sites for hydroxylation is 1. The van der Waals surface area contributed by atoms with Crippen molar-refractivity contribution < 1.29 is 56.1 Å². The third-order valence-electron chi connectivity index (χ3n) is 10.0. The van der Waals surface area contributed by atoms with Crippen molar-refractivity contribution >= 4 is 75.0 Å². The molecule has 0 fully saturated rings. The minimum absolute atomic E-state index is 0.176. The molecule has 0 saturated carbocycles. The first-order valence-electron chi connectivity index (χ1n) is 19.6. The van der Waals surface area contributed by atoms with Crippen LogP contribution in [-0.2, 0) is 16.2 Å². The van der Waals surface area contributed by atoms with Gasteiger partial charge in [-0.2, -0.15) is 13.2 Å². The third-order valence-corrected chi connectivity index (χ3v) is 10.6. The molecule has 13 nitrogen and oxygen atoms in total. The Labute approximate surface area is 374 Å². The summed E-state index contributed by atoms with van der Waals surface area (Å²) >= 11 is 0. The SMILES string of the molecule is Cc1cc(B(O)O)cc(-c2ccc(NS(C)(=O)=O)cc2)c1.O=c1[nH]ccc2cc(-c3ccc(C(F)(F)F)c(B(O)O)c3)ccc12.O=c1[nH]ccc2cc(-c3ccc(F)c(B(O)O)c3)ccc12. The molecule has 0 amide bonds. The van der Waals surface area contributed by atoms with Gasteiger partial charge in [0.1, 0.15) is 5.82 Å². The lowest BCUT2D eigenvalue weighted by molar-refractivity contribution is -0.136. The molecular formula is C45H38B3F4N3O10S. The van der Waals surface area contributed by atoms with Crippen LogP contribution in [0.15, 0.2) is 149 Å². The molecule has 2 aromatic heterocycles. The van der Waals surface area contributed by atoms with Crippen molar-refractivity contribution in [1.82, 2.24) is 9.97 Å². The van der Waals surface area contributed by atoms with Gasteiger partial charge in [0.25, 0.3) is 11.1 Å². The highest BCUT2D eigenvalue weighted by Crippen LogP contribution is 2.31. The first-order valence-corrected chi connectivity index (χ1v) is 21.5. The highest BCUT2D eigenvalue weighted by molar-refractivity contribution is 7.92. The molecule has 0 radical (unpaired) electrons. The summed E-state index contributed by atoms with van der Waals surface area (Å²) in [5.41, 5.74) is 3.51. The van der Waals surface area contributed by atoms with Crippen LogP contribution >= 0.6 is 0 Å². The number of nitrogens with one attached hydrogen (secondary N) is 3. The zero-order valence-corrected chi connectivity index (χ0v) is 35.6. The summed E-state index contributed by atoms with van der Waals surface area (Å²) in [6.07, 6.45) is -0.559. The van der Waals surface area contributed by atoms with Gasteiger partial charge in [0.05, 0.1) is 11.8 Å². The van der Waals surface area contributed by atoms with Crippen LogP contribution in [0.2, 0.25) is 0 Å². The molecule has 0 aliphatic rings. The maximum absolute atomic E-state index is 13.5. The van der Waals surface area contributed by atoms with E-state index in [0.717, 1.165) is 46.0 Å². The van der Waals surface area contributed by atoms with Gasteiger partial charge in [-0.1, -0.05) is 72.3 Å². The minimum Gasteiger partial charge on any atom is -0.423 e. The maximum Gasteiger partial charge on any atom is 0.491 e. The smallest absolute Gasteiger partial charge is 0.423 e. The first kappa shape index (κ1) is 48.6. The molecule has 0 saturated heterocycles. The Morgan fingerprint density at radius 2 is 1.02 bits per heavy atom. The molecule has 336 valence electrons. The van der Waals surface area contributed by atoms with Crippen LogP contribution in [0.4, 0.5) is 23.2 Å². The Bertz CT molecular complexity index is 3280. The van der Waals surface area contributed by atoms with Gasteiger partial charge in [-0.15, -0.1) is 0 Å². The van der Waals surface area contributed by atoms with Gasteiger partial charge in [-0.25, -0.2) is 12.8 Å². The monoisotopic (exact) mass is 921 g/mol. The van der Waals surface area contributed by atoms with E-state index in [9.17, 15) is 55.7 Å². The topological polar surface area (TPSA) is 233 Å². The lowest BCUT2D eigenvalue weighted by Crippen LogP contribution is -2.36. The number of alkyl halides is 3. The second-order valence-electron chi connectivity index (χ2n) is 15.0. The Morgan fingerprint density at radius 1 is 0.545 bits per heavy atom. The van der Waals surface area contributed by atoms with Crippen LogP contribution < -0.4 is 32.2 Å². The number of aromatic nitrogens is 2. The fourth-order valence-corrected chi connectivity index (χ4v) is 7.52. The molecule has 66 heavy (non-hydrogen) atoms. The van der Waals surface area contributed by atoms with E-state index in [0.29, 0.717) is 44.0 Å². The fourth-order valence-electron chi connectivity index (χ4n) is 6.95. The van der Waals surface area contributed by atoms with Gasteiger partial charge in [-0.05, 0) is 123 Å². The summed E-state index contributed by atoms with van der Waals surface area (Å²) in [5.74, 6) is -0.675. The van der Waals surface area contributed by atoms with Crippen LogP contribution in [0.5, 0.6) is 0 Å². The molecule has 0 bridgehead atoms. The Balaban J connectivity index is 0.000000164. The average Bonchev–Trinajstić information content (AvgIpc) is 3.26. The number of fused-ring (bicyclic) bond motifs is 2. The summed E-state index contributed by atoms with van der Waals surface area (Å²) in [7, 11) is -8.93. The number of benzene rings is 6. The standard InChI is InChI=1S/C16H11BF3NO3.C15H11BFNO3.C14H16BNO4S/c18-16(19,20)13-4-2-10(8-14(13)17(23)24)9-1-3-12-11(7-9)5-6-21-15(12)22;17-14-4-2-10(8-13(14)16(20)21)9-1-3-12-11(7-9)5-6-18-15(12)19;1-10-7-12(9-13(8-10)15(17)18)11-3-5-14(6-4-11)16-21(2,19)20/h1-8,23-24H,(H,21,22);1-8,20-21H,(H,18,19);3-9,16-18H,1-2H3. The molecule has 0 aliphatic heterocycles. The van der Waals surface area contributed by atoms with Gasteiger partial charge in [-0.3, -0.25) is 14.3 Å². The molecule has 6 aromatic carbocycles. The normalized spacial score (nSPS) is 11.3. The molecule has 0 aliphatic carbocycles. The van der Waals surface area contributed by atoms with Crippen LogP contribution in [0.3, 0.4) is 0 Å². The largest absolute Gasteiger partial charge is 0.491 e. The summed E-state index contributed by atoms with van der Waals surface area (Å²) in [6, 6.07) is 32.9. The van der Waals surface area contributed by atoms with Crippen molar-refractivity contribution in [2.45, 2.75) is 13.1 Å². The molecular weight excluding hydrogens is 883 g/mol. The van der Waals surface area contributed by atoms with E-state index in [1.165, 1.54) is 24.4 Å². The highest BCUT2D eigenvalue weighted by atomic mass is 32.2. The van der Waals surface area contributed by atoms with E-state index >= 15 is 0 Å². The number of hydrogen-bond acceptors (Lipinski definition) is 10. The highest BCUT2D eigenvalue weighted by Gasteiger charge is 2.36. The van der Waals surface area contributed by atoms with Crippen molar-refractivity contribution in [3.8, 4) is 33.4 Å². The summed E-state index contributed by atoms with van der Waals surface area (Å²) in [4.78, 5) is 28.5. The number of hydrogen-bond donors (Lipinski definition) is 9. The van der Waals surface area contributed by atoms with Gasteiger partial charge in [0, 0.05) is 34.3 Å². The number of rotatable bonds is 8. The Hall–Kier alpha value is -6.84. The van der Waals surface area contributed by atoms with E-state index in [2.05, 4.69) is 14.7 Å². The first-order chi connectivity index (χ1) is 31.1. The molecule has 21 heteroatoms. The van der Waals surface area contributed by atoms with Crippen LogP contribution in [0.25, 0.3) is 54.9 Å². The zero-order valence-electron chi connectivity index (χ0n) is 34.7. The van der Waals surface area contributed by atoms with Crippen molar-refractivity contribution in [2.24, 2.45) is 0 Å². The quantitative estimate of drug-likeness (QED) is 0.0794. The summed E-state index contributed by atoms with van der Waals surface area (Å²) < 4.78 is 77.0. The van der Waals surface area contributed by atoms with E-state index in [-0.39, 0.29) is 16.6 Å². The molecule has 0 spiro atoms. The lowest BCUT2D eigenvalue weighted by atomic mass is 9.75. The second kappa shape index (κ2) is 20.1. The predicted molar refractivity (Wildman–Crippen MR) is 250 cm³/mol. The maximum atomic E-state index is 13.5. The number of halogens is 4. The van der Waals surface area contributed by atoms with Crippen molar-refractivity contribution in [3.05, 3.63) is 177 Å². The number of H-pyrrole nitrogens is 2. The van der Waals surface area contributed by atoms with Gasteiger partial charge >= 0.3 is 27.5 Å². The predicted octanol–water partition coefficient (Wildman–Crippen LogP) is 3.62. The number of anilines is 1. The molecule has 0 atom stereocenters. The van der Waals surface area contributed by atoms with Gasteiger partial charge in [0.2, 0.25) is 10.0 Å². The van der Waals surface area contributed by atoms with Crippen LogP contribution in [0.1, 0.15) is 11.1 Å². The lowest BCUT2D eigenvalue weighted by Gasteiger charge is -2.14. The molecule has 8 aromatic rings. The van der Waals surface area contributed by atoms with E-state index < -0.39 is 54.4 Å². The fraction of sp³-hybridized carbons (Fsp3) is 0.0667. The van der Waals surface area contributed by atoms with Crippen molar-refractivity contribution in [3.63, 3.8) is 0 Å². The minimum atomic E-state index is -4.69. The molecule has 9 N–H and O–H groups in total. The second-order valence-corrected chi connectivity index (χ2v) is 16.7. The Kier molecular flexibility index (Phi) is 14.8. The van der Waals surface area contributed by atoms with Gasteiger partial charge < -0.3 is 40.1 Å². The van der Waals surface area contributed by atoms with E-state index in [4.69, 9.17) is 10.0 Å². The van der Waals surface area contributed by atoms with Gasteiger partial charge in [0.15, 0.2) is 0 Å². The molecule has 2 heterocycles. The number of pyridine rings is 2. The van der Waals surface area contributed by atoms with Crippen LogP contribution in [0, 0.1) is 12.7 Å². The third kappa shape index (κ3) is 12.1. The number of sulfonamides is 1. The average molecular weight is 921 g/mol. The summed E-state index contributed by atoms with van der Waals surface area (Å²) in [6.45, 7) is 1.87. The zero-order chi connectivity index (χ0) is 48.1. The van der Waals surface area contributed by atoms with Crippen LogP contribution in [-0.4, -0.2) is 76.1 Å². The van der Waals surface area contributed by atoms with E-state index in [1.54, 1.807) is 97.2 Å². The number of aromatic amines is 2. The molecule has 0 unspecified atom stereocenters. The van der Waals surface area contributed by atoms with Crippen molar-refractivity contribution in [2.75, 3.05) is 11.0 Å².